The summed E-state index contributed by atoms with van der Waals surface area (Å²) in [7, 11) is 0. The number of nitrogens with one attached hydrogen (secondary N) is 1. The Labute approximate surface area is 121 Å². The average molecular weight is 311 g/mol. The predicted molar refractivity (Wildman–Crippen MR) is 72.0 cm³/mol. The van der Waals surface area contributed by atoms with Crippen molar-refractivity contribution in [2.75, 3.05) is 13.2 Å². The number of halogens is 4. The first kappa shape index (κ1) is 17.0. The molecule has 20 heavy (non-hydrogen) atoms. The molecule has 3 nitrogen and oxygen atoms in total. The molecule has 0 aliphatic carbocycles. The third kappa shape index (κ3) is 6.96. The summed E-state index contributed by atoms with van der Waals surface area (Å²) in [5.41, 5.74) is 0.633. The summed E-state index contributed by atoms with van der Waals surface area (Å²) >= 11 is 5.99. The molecule has 0 aromatic carbocycles. The highest BCUT2D eigenvalue weighted by molar-refractivity contribution is 6.31. The van der Waals surface area contributed by atoms with E-state index in [-0.39, 0.29) is 13.0 Å². The first-order chi connectivity index (χ1) is 9.42. The molecule has 0 saturated carbocycles. The molecule has 114 valence electrons. The van der Waals surface area contributed by atoms with Gasteiger partial charge in [0.05, 0.1) is 17.3 Å². The first-order valence-corrected chi connectivity index (χ1v) is 6.86. The molecule has 0 unspecified atom stereocenters. The van der Waals surface area contributed by atoms with Gasteiger partial charge in [0.15, 0.2) is 0 Å². The predicted octanol–water partition coefficient (Wildman–Crippen LogP) is 3.96. The van der Waals surface area contributed by atoms with Crippen LogP contribution in [-0.2, 0) is 6.54 Å². The lowest BCUT2D eigenvalue weighted by atomic mass is 10.3. The summed E-state index contributed by atoms with van der Waals surface area (Å²) in [6.07, 6.45) is -4.10. The lowest BCUT2D eigenvalue weighted by Gasteiger charge is -2.10. The van der Waals surface area contributed by atoms with Gasteiger partial charge in [0.1, 0.15) is 0 Å². The topological polar surface area (TPSA) is 34.2 Å². The fourth-order valence-corrected chi connectivity index (χ4v) is 1.67. The maximum absolute atomic E-state index is 12.0. The Morgan fingerprint density at radius 2 is 2.10 bits per heavy atom. The van der Waals surface area contributed by atoms with Gasteiger partial charge in [-0.25, -0.2) is 4.98 Å². The second-order valence-electron chi connectivity index (χ2n) is 4.32. The van der Waals surface area contributed by atoms with Gasteiger partial charge in [0.25, 0.3) is 0 Å². The summed E-state index contributed by atoms with van der Waals surface area (Å²) in [6, 6.07) is 3.19. The van der Waals surface area contributed by atoms with E-state index in [0.29, 0.717) is 23.1 Å². The maximum Gasteiger partial charge on any atom is 0.389 e. The van der Waals surface area contributed by atoms with Gasteiger partial charge in [-0.15, -0.1) is 0 Å². The zero-order valence-electron chi connectivity index (χ0n) is 11.3. The number of ether oxygens (including phenoxy) is 1. The van der Waals surface area contributed by atoms with E-state index >= 15 is 0 Å². The van der Waals surface area contributed by atoms with E-state index in [1.807, 2.05) is 6.92 Å². The highest BCUT2D eigenvalue weighted by Crippen LogP contribution is 2.22. The molecule has 0 saturated heterocycles. The minimum Gasteiger partial charge on any atom is -0.478 e. The third-order valence-electron chi connectivity index (χ3n) is 2.47. The number of alkyl halides is 3. The standard InChI is InChI=1S/C13H18ClF3N2O/c1-2-7-18-9-11-10(14)4-5-12(19-11)20-8-3-6-13(15,16)17/h4-5,18H,2-3,6-9H2,1H3. The van der Waals surface area contributed by atoms with Crippen LogP contribution in [0.25, 0.3) is 0 Å². The molecule has 0 atom stereocenters. The highest BCUT2D eigenvalue weighted by atomic mass is 35.5. The summed E-state index contributed by atoms with van der Waals surface area (Å²) in [5.74, 6) is 0.296. The van der Waals surface area contributed by atoms with Crippen molar-refractivity contribution in [3.05, 3.63) is 22.8 Å². The van der Waals surface area contributed by atoms with Crippen LogP contribution in [0.1, 0.15) is 31.9 Å². The van der Waals surface area contributed by atoms with Gasteiger partial charge in [-0.05, 0) is 25.5 Å². The van der Waals surface area contributed by atoms with Gasteiger partial charge < -0.3 is 10.1 Å². The third-order valence-corrected chi connectivity index (χ3v) is 2.81. The van der Waals surface area contributed by atoms with E-state index < -0.39 is 12.6 Å². The quantitative estimate of drug-likeness (QED) is 0.738. The van der Waals surface area contributed by atoms with Gasteiger partial charge in [-0.3, -0.25) is 0 Å². The van der Waals surface area contributed by atoms with E-state index in [1.54, 1.807) is 12.1 Å². The van der Waals surface area contributed by atoms with Gasteiger partial charge in [0, 0.05) is 19.0 Å². The smallest absolute Gasteiger partial charge is 0.389 e. The van der Waals surface area contributed by atoms with Crippen LogP contribution in [0, 0.1) is 0 Å². The minimum absolute atomic E-state index is 0.0179. The number of aromatic nitrogens is 1. The summed E-state index contributed by atoms with van der Waals surface area (Å²) in [6.45, 7) is 3.37. The van der Waals surface area contributed by atoms with Crippen molar-refractivity contribution >= 4 is 11.6 Å². The van der Waals surface area contributed by atoms with Crippen LogP contribution < -0.4 is 10.1 Å². The fraction of sp³-hybridized carbons (Fsp3) is 0.615. The van der Waals surface area contributed by atoms with Gasteiger partial charge >= 0.3 is 6.18 Å². The van der Waals surface area contributed by atoms with Crippen molar-refractivity contribution in [2.24, 2.45) is 0 Å². The van der Waals surface area contributed by atoms with Crippen molar-refractivity contribution in [2.45, 2.75) is 38.9 Å². The molecule has 0 bridgehead atoms. The molecule has 0 radical (unpaired) electrons. The summed E-state index contributed by atoms with van der Waals surface area (Å²) < 4.78 is 41.1. The zero-order chi connectivity index (χ0) is 15.0. The number of rotatable bonds is 8. The summed E-state index contributed by atoms with van der Waals surface area (Å²) in [5, 5.41) is 3.67. The van der Waals surface area contributed by atoms with E-state index in [4.69, 9.17) is 16.3 Å². The second-order valence-corrected chi connectivity index (χ2v) is 4.73. The normalized spacial score (nSPS) is 11.7. The van der Waals surface area contributed by atoms with Crippen LogP contribution in [-0.4, -0.2) is 24.3 Å². The molecule has 7 heteroatoms. The average Bonchev–Trinajstić information content (AvgIpc) is 2.37. The van der Waals surface area contributed by atoms with E-state index in [1.165, 1.54) is 0 Å². The Morgan fingerprint density at radius 1 is 1.35 bits per heavy atom. The lowest BCUT2D eigenvalue weighted by Crippen LogP contribution is -2.15. The molecule has 0 fully saturated rings. The molecular formula is C13H18ClF3N2O. The molecule has 1 rings (SSSR count). The monoisotopic (exact) mass is 310 g/mol. The Balaban J connectivity index is 2.44. The Kier molecular flexibility index (Phi) is 7.09. The molecule has 1 aromatic rings. The molecule has 1 N–H and O–H groups in total. The largest absolute Gasteiger partial charge is 0.478 e. The summed E-state index contributed by atoms with van der Waals surface area (Å²) in [4.78, 5) is 4.18. The molecule has 1 heterocycles. The van der Waals surface area contributed by atoms with E-state index in [9.17, 15) is 13.2 Å². The van der Waals surface area contributed by atoms with Gasteiger partial charge in [-0.2, -0.15) is 13.2 Å². The van der Waals surface area contributed by atoms with Crippen molar-refractivity contribution in [1.82, 2.24) is 10.3 Å². The van der Waals surface area contributed by atoms with Crippen LogP contribution in [0.15, 0.2) is 12.1 Å². The van der Waals surface area contributed by atoms with Crippen molar-refractivity contribution in [3.8, 4) is 5.88 Å². The molecule has 0 aliphatic heterocycles. The van der Waals surface area contributed by atoms with Gasteiger partial charge in [0.2, 0.25) is 5.88 Å². The molecule has 0 spiro atoms. The van der Waals surface area contributed by atoms with E-state index in [2.05, 4.69) is 10.3 Å². The molecular weight excluding hydrogens is 293 g/mol. The van der Waals surface area contributed by atoms with Crippen molar-refractivity contribution in [3.63, 3.8) is 0 Å². The highest BCUT2D eigenvalue weighted by Gasteiger charge is 2.26. The molecule has 0 amide bonds. The SMILES string of the molecule is CCCNCc1nc(OCCCC(F)(F)F)ccc1Cl. The van der Waals surface area contributed by atoms with Crippen LogP contribution in [0.4, 0.5) is 13.2 Å². The Morgan fingerprint density at radius 3 is 2.75 bits per heavy atom. The van der Waals surface area contributed by atoms with Crippen LogP contribution >= 0.6 is 11.6 Å². The van der Waals surface area contributed by atoms with Crippen LogP contribution in [0.2, 0.25) is 5.02 Å². The molecule has 1 aromatic heterocycles. The van der Waals surface area contributed by atoms with E-state index in [0.717, 1.165) is 13.0 Å². The molecule has 0 aliphatic rings. The zero-order valence-corrected chi connectivity index (χ0v) is 12.0. The van der Waals surface area contributed by atoms with Crippen LogP contribution in [0.3, 0.4) is 0 Å². The first-order valence-electron chi connectivity index (χ1n) is 6.48. The lowest BCUT2D eigenvalue weighted by molar-refractivity contribution is -0.136. The van der Waals surface area contributed by atoms with Crippen molar-refractivity contribution in [1.29, 1.82) is 0 Å². The van der Waals surface area contributed by atoms with Gasteiger partial charge in [-0.1, -0.05) is 18.5 Å². The Bertz CT molecular complexity index is 413. The Hall–Kier alpha value is -1.01. The second kappa shape index (κ2) is 8.32. The maximum atomic E-state index is 12.0. The number of pyridine rings is 1. The van der Waals surface area contributed by atoms with Crippen LogP contribution in [0.5, 0.6) is 5.88 Å². The number of hydrogen-bond donors (Lipinski definition) is 1. The minimum atomic E-state index is -4.15. The van der Waals surface area contributed by atoms with Crippen molar-refractivity contribution < 1.29 is 17.9 Å². The number of hydrogen-bond acceptors (Lipinski definition) is 3. The fourth-order valence-electron chi connectivity index (χ4n) is 1.50. The number of nitrogens with zero attached hydrogens (tertiary/aromatic N) is 1.